The molecule has 37 heavy (non-hydrogen) atoms. The third-order valence-corrected chi connectivity index (χ3v) is 7.89. The van der Waals surface area contributed by atoms with Crippen LogP contribution in [0.3, 0.4) is 0 Å². The number of carbonyl (C=O) groups excluding carboxylic acids is 2. The second-order valence-electron chi connectivity index (χ2n) is 10.2. The van der Waals surface area contributed by atoms with Crippen molar-refractivity contribution in [3.8, 4) is 22.5 Å². The van der Waals surface area contributed by atoms with E-state index in [0.29, 0.717) is 19.0 Å². The van der Waals surface area contributed by atoms with Gasteiger partial charge in [0.2, 0.25) is 11.8 Å². The highest BCUT2D eigenvalue weighted by Crippen LogP contribution is 2.37. The van der Waals surface area contributed by atoms with Gasteiger partial charge in [-0.15, -0.1) is 0 Å². The van der Waals surface area contributed by atoms with Gasteiger partial charge < -0.3 is 14.4 Å². The van der Waals surface area contributed by atoms with Crippen molar-refractivity contribution in [2.75, 3.05) is 19.6 Å². The number of nitrogens with zero attached hydrogens (tertiary/aromatic N) is 8. The van der Waals surface area contributed by atoms with Crippen molar-refractivity contribution >= 4 is 22.7 Å². The molecule has 0 N–H and O–H groups in total. The van der Waals surface area contributed by atoms with Crippen molar-refractivity contribution in [3.05, 3.63) is 42.1 Å². The Labute approximate surface area is 215 Å². The van der Waals surface area contributed by atoms with E-state index in [0.717, 1.165) is 77.4 Å². The normalized spacial score (nSPS) is 16.4. The van der Waals surface area contributed by atoms with Gasteiger partial charge in [-0.3, -0.25) is 19.0 Å². The summed E-state index contributed by atoms with van der Waals surface area (Å²) in [6.07, 6.45) is 5.61. The van der Waals surface area contributed by atoms with Crippen molar-refractivity contribution < 1.29 is 9.59 Å². The zero-order valence-corrected chi connectivity index (χ0v) is 21.8. The van der Waals surface area contributed by atoms with Crippen LogP contribution in [0.5, 0.6) is 0 Å². The van der Waals surface area contributed by atoms with Gasteiger partial charge in [-0.1, -0.05) is 6.07 Å². The van der Waals surface area contributed by atoms with Crippen LogP contribution in [0, 0.1) is 0 Å². The lowest BCUT2D eigenvalue weighted by Crippen LogP contribution is -2.39. The molecule has 5 heterocycles. The molecule has 0 atom stereocenters. The molecule has 0 aliphatic carbocycles. The Bertz CT molecular complexity index is 1520. The number of carbonyl (C=O) groups is 2. The minimum absolute atomic E-state index is 0.0799. The summed E-state index contributed by atoms with van der Waals surface area (Å²) in [5.41, 5.74) is 5.93. The monoisotopic (exact) mass is 500 g/mol. The number of amides is 2. The lowest BCUT2D eigenvalue weighted by molar-refractivity contribution is -0.130. The minimum atomic E-state index is 0.0799. The molecule has 0 saturated carbocycles. The molecule has 2 amide bonds. The molecule has 0 bridgehead atoms. The maximum atomic E-state index is 12.3. The van der Waals surface area contributed by atoms with Crippen LogP contribution in [-0.2, 0) is 36.8 Å². The van der Waals surface area contributed by atoms with E-state index in [1.807, 2.05) is 41.0 Å². The molecule has 6 rings (SSSR count). The summed E-state index contributed by atoms with van der Waals surface area (Å²) in [5, 5.41) is 10.2. The molecule has 0 spiro atoms. The number of hydrogen-bond acceptors (Lipinski definition) is 5. The number of imidazole rings is 1. The predicted molar refractivity (Wildman–Crippen MR) is 139 cm³/mol. The van der Waals surface area contributed by atoms with E-state index in [9.17, 15) is 9.59 Å². The second-order valence-corrected chi connectivity index (χ2v) is 10.2. The van der Waals surface area contributed by atoms with Crippen molar-refractivity contribution in [1.29, 1.82) is 0 Å². The van der Waals surface area contributed by atoms with Gasteiger partial charge in [0.25, 0.3) is 0 Å². The molecule has 1 aromatic carbocycles. The van der Waals surface area contributed by atoms with Crippen LogP contribution < -0.4 is 0 Å². The van der Waals surface area contributed by atoms with Gasteiger partial charge in [0.05, 0.1) is 29.6 Å². The molecule has 3 aromatic heterocycles. The highest BCUT2D eigenvalue weighted by molar-refractivity contribution is 5.95. The molecule has 10 heteroatoms. The molecule has 1 fully saturated rings. The van der Waals surface area contributed by atoms with Crippen LogP contribution in [-0.4, -0.2) is 70.4 Å². The van der Waals surface area contributed by atoms with E-state index in [1.165, 1.54) is 0 Å². The molecule has 2 aliphatic heterocycles. The quantitative estimate of drug-likeness (QED) is 0.431. The van der Waals surface area contributed by atoms with Crippen molar-refractivity contribution in [1.82, 2.24) is 38.9 Å². The summed E-state index contributed by atoms with van der Waals surface area (Å²) >= 11 is 0. The smallest absolute Gasteiger partial charge is 0.219 e. The number of piperidine rings is 1. The van der Waals surface area contributed by atoms with E-state index in [2.05, 4.69) is 27.9 Å². The standard InChI is InChI=1S/C27H32N8O2/c1-17(36)33-9-7-19(8-10-33)27-29-26(24-16-34(18(2)37)11-12-35(24)27)20-5-6-23-22(13-20)25(30-32(23)4)21-14-28-31(3)15-21/h5-6,13-15,19H,7-12,16H2,1-4H3. The molecule has 192 valence electrons. The lowest BCUT2D eigenvalue weighted by atomic mass is 9.95. The van der Waals surface area contributed by atoms with Crippen LogP contribution >= 0.6 is 0 Å². The van der Waals surface area contributed by atoms with Gasteiger partial charge >= 0.3 is 0 Å². The Kier molecular flexibility index (Phi) is 5.62. The highest BCUT2D eigenvalue weighted by atomic mass is 16.2. The summed E-state index contributed by atoms with van der Waals surface area (Å²) < 4.78 is 6.01. The van der Waals surface area contributed by atoms with Gasteiger partial charge in [-0.05, 0) is 25.0 Å². The first-order chi connectivity index (χ1) is 17.8. The third kappa shape index (κ3) is 4.00. The number of fused-ring (bicyclic) bond motifs is 2. The third-order valence-electron chi connectivity index (χ3n) is 7.89. The number of aromatic nitrogens is 6. The SMILES string of the molecule is CC(=O)N1CCC(c2nc(-c3ccc4c(c3)c(-c3cnn(C)c3)nn4C)c3n2CCN(C(C)=O)C3)CC1. The average molecular weight is 501 g/mol. The summed E-state index contributed by atoms with van der Waals surface area (Å²) in [6, 6.07) is 6.37. The largest absolute Gasteiger partial charge is 0.343 e. The number of hydrogen-bond donors (Lipinski definition) is 0. The van der Waals surface area contributed by atoms with Crippen LogP contribution in [0.4, 0.5) is 0 Å². The fraction of sp³-hybridized carbons (Fsp3) is 0.444. The lowest BCUT2D eigenvalue weighted by Gasteiger charge is -2.33. The summed E-state index contributed by atoms with van der Waals surface area (Å²) in [7, 11) is 3.86. The summed E-state index contributed by atoms with van der Waals surface area (Å²) in [4.78, 5) is 33.2. The Morgan fingerprint density at radius 3 is 2.35 bits per heavy atom. The van der Waals surface area contributed by atoms with Crippen molar-refractivity contribution in [2.45, 2.75) is 45.7 Å². The fourth-order valence-corrected chi connectivity index (χ4v) is 5.83. The first-order valence-corrected chi connectivity index (χ1v) is 12.9. The first kappa shape index (κ1) is 23.4. The zero-order chi connectivity index (χ0) is 25.8. The number of benzene rings is 1. The van der Waals surface area contributed by atoms with Gasteiger partial charge in [0, 0.05) is 82.7 Å². The van der Waals surface area contributed by atoms with Gasteiger partial charge in [-0.2, -0.15) is 10.2 Å². The van der Waals surface area contributed by atoms with E-state index in [-0.39, 0.29) is 11.8 Å². The Hall–Kier alpha value is -3.95. The highest BCUT2D eigenvalue weighted by Gasteiger charge is 2.31. The Morgan fingerprint density at radius 1 is 0.919 bits per heavy atom. The van der Waals surface area contributed by atoms with Gasteiger partial charge in [-0.25, -0.2) is 4.98 Å². The van der Waals surface area contributed by atoms with Crippen LogP contribution in [0.2, 0.25) is 0 Å². The van der Waals surface area contributed by atoms with Gasteiger partial charge in [0.15, 0.2) is 0 Å². The number of rotatable bonds is 3. The molecular formula is C27H32N8O2. The van der Waals surface area contributed by atoms with E-state index in [4.69, 9.17) is 10.1 Å². The Morgan fingerprint density at radius 2 is 1.68 bits per heavy atom. The van der Waals surface area contributed by atoms with Crippen molar-refractivity contribution in [3.63, 3.8) is 0 Å². The molecule has 2 aliphatic rings. The van der Waals surface area contributed by atoms with Gasteiger partial charge in [0.1, 0.15) is 11.5 Å². The topological polar surface area (TPSA) is 94.1 Å². The zero-order valence-electron chi connectivity index (χ0n) is 21.8. The molecular weight excluding hydrogens is 468 g/mol. The summed E-state index contributed by atoms with van der Waals surface area (Å²) in [5.74, 6) is 1.59. The van der Waals surface area contributed by atoms with Crippen molar-refractivity contribution in [2.24, 2.45) is 14.1 Å². The molecule has 4 aromatic rings. The van der Waals surface area contributed by atoms with Crippen LogP contribution in [0.25, 0.3) is 33.4 Å². The minimum Gasteiger partial charge on any atom is -0.343 e. The fourth-order valence-electron chi connectivity index (χ4n) is 5.83. The predicted octanol–water partition coefficient (Wildman–Crippen LogP) is 2.93. The average Bonchev–Trinajstić information content (AvgIpc) is 3.58. The molecule has 0 unspecified atom stereocenters. The maximum absolute atomic E-state index is 12.3. The molecule has 1 saturated heterocycles. The van der Waals surface area contributed by atoms with E-state index < -0.39 is 0 Å². The molecule has 10 nitrogen and oxygen atoms in total. The molecule has 0 radical (unpaired) electrons. The second kappa shape index (κ2) is 8.86. The number of likely N-dealkylation sites (tertiary alicyclic amines) is 1. The number of aryl methyl sites for hydroxylation is 2. The van der Waals surface area contributed by atoms with Crippen LogP contribution in [0.1, 0.15) is 44.1 Å². The Balaban J connectivity index is 1.45. The first-order valence-electron chi connectivity index (χ1n) is 12.9. The van der Waals surface area contributed by atoms with E-state index >= 15 is 0 Å². The summed E-state index contributed by atoms with van der Waals surface area (Å²) in [6.45, 7) is 6.75. The maximum Gasteiger partial charge on any atom is 0.219 e. The van der Waals surface area contributed by atoms with Crippen LogP contribution in [0.15, 0.2) is 30.6 Å². The van der Waals surface area contributed by atoms with E-state index in [1.54, 1.807) is 18.5 Å².